The second kappa shape index (κ2) is 5.17. The van der Waals surface area contributed by atoms with Crippen LogP contribution in [0.5, 0.6) is 0 Å². The van der Waals surface area contributed by atoms with Crippen LogP contribution in [0, 0.1) is 22.5 Å². The van der Waals surface area contributed by atoms with Crippen molar-refractivity contribution < 1.29 is 4.92 Å². The van der Waals surface area contributed by atoms with E-state index in [9.17, 15) is 10.1 Å². The van der Waals surface area contributed by atoms with Crippen LogP contribution in [-0.2, 0) is 0 Å². The van der Waals surface area contributed by atoms with E-state index in [-0.39, 0.29) is 10.6 Å². The molecule has 0 unspecified atom stereocenters. The maximum Gasteiger partial charge on any atom is 0.269 e. The van der Waals surface area contributed by atoms with Crippen LogP contribution in [-0.4, -0.2) is 11.5 Å². The zero-order valence-corrected chi connectivity index (χ0v) is 10.9. The Labute approximate surface area is 102 Å². The van der Waals surface area contributed by atoms with Crippen molar-refractivity contribution in [1.82, 2.24) is 0 Å². The first kappa shape index (κ1) is 13.5. The Bertz CT molecular complexity index is 408. The van der Waals surface area contributed by atoms with Gasteiger partial charge in [-0.1, -0.05) is 20.8 Å². The summed E-state index contributed by atoms with van der Waals surface area (Å²) < 4.78 is 0. The zero-order valence-electron chi connectivity index (χ0n) is 10.9. The van der Waals surface area contributed by atoms with Gasteiger partial charge in [0.05, 0.1) is 4.92 Å². The second-order valence-corrected chi connectivity index (χ2v) is 5.49. The third kappa shape index (κ3) is 4.43. The molecule has 0 aromatic heterocycles. The summed E-state index contributed by atoms with van der Waals surface area (Å²) in [6.07, 6.45) is 1.06. The number of anilines is 1. The molecule has 0 saturated carbocycles. The van der Waals surface area contributed by atoms with E-state index in [2.05, 4.69) is 26.1 Å². The Kier molecular flexibility index (Phi) is 4.10. The molecule has 4 heteroatoms. The highest BCUT2D eigenvalue weighted by molar-refractivity contribution is 5.55. The molecule has 1 N–H and O–H groups in total. The van der Waals surface area contributed by atoms with Gasteiger partial charge in [-0.25, -0.2) is 0 Å². The van der Waals surface area contributed by atoms with Gasteiger partial charge in [-0.15, -0.1) is 0 Å². The van der Waals surface area contributed by atoms with E-state index in [1.54, 1.807) is 12.1 Å². The molecule has 0 bridgehead atoms. The average molecular weight is 236 g/mol. The van der Waals surface area contributed by atoms with Gasteiger partial charge in [0.1, 0.15) is 0 Å². The molecule has 0 aliphatic carbocycles. The Morgan fingerprint density at radius 3 is 2.47 bits per heavy atom. The minimum absolute atomic E-state index is 0.142. The van der Waals surface area contributed by atoms with Crippen LogP contribution in [0.4, 0.5) is 11.4 Å². The number of benzene rings is 1. The van der Waals surface area contributed by atoms with Gasteiger partial charge in [-0.3, -0.25) is 10.1 Å². The van der Waals surface area contributed by atoms with Crippen molar-refractivity contribution >= 4 is 11.4 Å². The molecule has 1 aromatic carbocycles. The SMILES string of the molecule is Cc1cc([N+](=O)[O-])ccc1NCCC(C)(C)C. The lowest BCUT2D eigenvalue weighted by Gasteiger charge is -2.19. The first-order chi connectivity index (χ1) is 7.79. The lowest BCUT2D eigenvalue weighted by Crippen LogP contribution is -2.13. The summed E-state index contributed by atoms with van der Waals surface area (Å²) in [7, 11) is 0. The number of aryl methyl sites for hydroxylation is 1. The quantitative estimate of drug-likeness (QED) is 0.639. The molecule has 1 aromatic rings. The Balaban J connectivity index is 2.64. The monoisotopic (exact) mass is 236 g/mol. The van der Waals surface area contributed by atoms with Crippen LogP contribution in [0.15, 0.2) is 18.2 Å². The summed E-state index contributed by atoms with van der Waals surface area (Å²) in [6, 6.07) is 4.90. The van der Waals surface area contributed by atoms with Crippen LogP contribution >= 0.6 is 0 Å². The summed E-state index contributed by atoms with van der Waals surface area (Å²) in [5, 5.41) is 13.9. The third-order valence-corrected chi connectivity index (χ3v) is 2.61. The van der Waals surface area contributed by atoms with Gasteiger partial charge in [0, 0.05) is 24.4 Å². The Morgan fingerprint density at radius 1 is 1.35 bits per heavy atom. The fourth-order valence-electron chi connectivity index (χ4n) is 1.53. The smallest absolute Gasteiger partial charge is 0.269 e. The third-order valence-electron chi connectivity index (χ3n) is 2.61. The number of nitro benzene ring substituents is 1. The molecule has 0 aliphatic rings. The van der Waals surface area contributed by atoms with Crippen LogP contribution in [0.25, 0.3) is 0 Å². The molecule has 0 heterocycles. The number of nitrogens with one attached hydrogen (secondary N) is 1. The first-order valence-corrected chi connectivity index (χ1v) is 5.78. The molecule has 94 valence electrons. The molecule has 0 amide bonds. The van der Waals surface area contributed by atoms with E-state index in [1.807, 2.05) is 6.92 Å². The summed E-state index contributed by atoms with van der Waals surface area (Å²) in [6.45, 7) is 9.33. The van der Waals surface area contributed by atoms with Gasteiger partial charge in [-0.05, 0) is 30.4 Å². The van der Waals surface area contributed by atoms with Crippen molar-refractivity contribution in [2.45, 2.75) is 34.1 Å². The predicted octanol–water partition coefficient (Wildman–Crippen LogP) is 3.75. The molecular formula is C13H20N2O2. The molecule has 17 heavy (non-hydrogen) atoms. The van der Waals surface area contributed by atoms with Gasteiger partial charge in [0.15, 0.2) is 0 Å². The van der Waals surface area contributed by atoms with Crippen molar-refractivity contribution in [3.05, 3.63) is 33.9 Å². The minimum atomic E-state index is -0.369. The second-order valence-electron chi connectivity index (χ2n) is 5.49. The average Bonchev–Trinajstić information content (AvgIpc) is 2.18. The van der Waals surface area contributed by atoms with Crippen molar-refractivity contribution in [2.75, 3.05) is 11.9 Å². The number of non-ortho nitro benzene ring substituents is 1. The van der Waals surface area contributed by atoms with Gasteiger partial charge < -0.3 is 5.32 Å². The van der Waals surface area contributed by atoms with Crippen LogP contribution in [0.1, 0.15) is 32.8 Å². The summed E-state index contributed by atoms with van der Waals surface area (Å²) in [4.78, 5) is 10.2. The highest BCUT2D eigenvalue weighted by Crippen LogP contribution is 2.23. The highest BCUT2D eigenvalue weighted by Gasteiger charge is 2.11. The largest absolute Gasteiger partial charge is 0.385 e. The fraction of sp³-hybridized carbons (Fsp3) is 0.538. The van der Waals surface area contributed by atoms with Gasteiger partial charge in [-0.2, -0.15) is 0 Å². The highest BCUT2D eigenvalue weighted by atomic mass is 16.6. The lowest BCUT2D eigenvalue weighted by molar-refractivity contribution is -0.384. The maximum absolute atomic E-state index is 10.6. The topological polar surface area (TPSA) is 55.2 Å². The van der Waals surface area contributed by atoms with E-state index < -0.39 is 0 Å². The maximum atomic E-state index is 10.6. The summed E-state index contributed by atoms with van der Waals surface area (Å²) in [5.74, 6) is 0. The van der Waals surface area contributed by atoms with E-state index in [1.165, 1.54) is 6.07 Å². The van der Waals surface area contributed by atoms with Crippen molar-refractivity contribution in [2.24, 2.45) is 5.41 Å². The number of nitrogens with zero attached hydrogens (tertiary/aromatic N) is 1. The molecule has 0 aliphatic heterocycles. The Morgan fingerprint density at radius 2 is 2.00 bits per heavy atom. The minimum Gasteiger partial charge on any atom is -0.385 e. The van der Waals surface area contributed by atoms with Gasteiger partial charge in [0.2, 0.25) is 0 Å². The molecule has 0 saturated heterocycles. The predicted molar refractivity (Wildman–Crippen MR) is 70.4 cm³/mol. The lowest BCUT2D eigenvalue weighted by atomic mass is 9.92. The van der Waals surface area contributed by atoms with Crippen molar-refractivity contribution in [3.8, 4) is 0 Å². The van der Waals surface area contributed by atoms with Gasteiger partial charge in [0.25, 0.3) is 5.69 Å². The summed E-state index contributed by atoms with van der Waals surface area (Å²) >= 11 is 0. The van der Waals surface area contributed by atoms with Crippen molar-refractivity contribution in [1.29, 1.82) is 0 Å². The molecule has 0 radical (unpaired) electrons. The van der Waals surface area contributed by atoms with Crippen LogP contribution in [0.2, 0.25) is 0 Å². The number of rotatable bonds is 4. The number of hydrogen-bond donors (Lipinski definition) is 1. The van der Waals surface area contributed by atoms with Crippen LogP contribution < -0.4 is 5.32 Å². The normalized spacial score (nSPS) is 11.3. The number of nitro groups is 1. The molecule has 0 atom stereocenters. The van der Waals surface area contributed by atoms with E-state index in [4.69, 9.17) is 0 Å². The first-order valence-electron chi connectivity index (χ1n) is 5.78. The van der Waals surface area contributed by atoms with E-state index in [0.717, 1.165) is 24.2 Å². The molecular weight excluding hydrogens is 216 g/mol. The molecule has 1 rings (SSSR count). The molecule has 4 nitrogen and oxygen atoms in total. The van der Waals surface area contributed by atoms with Crippen LogP contribution in [0.3, 0.4) is 0 Å². The standard InChI is InChI=1S/C13H20N2O2/c1-10-9-11(15(16)17)5-6-12(10)14-8-7-13(2,3)4/h5-6,9,14H,7-8H2,1-4H3. The van der Waals surface area contributed by atoms with E-state index in [0.29, 0.717) is 5.41 Å². The van der Waals surface area contributed by atoms with Crippen molar-refractivity contribution in [3.63, 3.8) is 0 Å². The fourth-order valence-corrected chi connectivity index (χ4v) is 1.53. The Hall–Kier alpha value is -1.58. The number of hydrogen-bond acceptors (Lipinski definition) is 3. The summed E-state index contributed by atoms with van der Waals surface area (Å²) in [5.41, 5.74) is 2.32. The van der Waals surface area contributed by atoms with E-state index >= 15 is 0 Å². The molecule has 0 spiro atoms. The zero-order chi connectivity index (χ0) is 13.1. The molecule has 0 fully saturated rings. The van der Waals surface area contributed by atoms with Gasteiger partial charge >= 0.3 is 0 Å².